The van der Waals surface area contributed by atoms with Crippen molar-refractivity contribution in [2.75, 3.05) is 13.2 Å². The molecule has 1 aliphatic rings. The first-order chi connectivity index (χ1) is 10.9. The summed E-state index contributed by atoms with van der Waals surface area (Å²) in [6, 6.07) is 5.04. The molecule has 0 aliphatic carbocycles. The Kier molecular flexibility index (Phi) is 5.14. The van der Waals surface area contributed by atoms with Crippen LogP contribution in [-0.2, 0) is 18.4 Å². The second-order valence-corrected chi connectivity index (χ2v) is 6.83. The summed E-state index contributed by atoms with van der Waals surface area (Å²) in [7, 11) is -4.05. The number of rotatable bonds is 7. The van der Waals surface area contributed by atoms with Gasteiger partial charge in [0.05, 0.1) is 24.3 Å². The predicted molar refractivity (Wildman–Crippen MR) is 82.3 cm³/mol. The summed E-state index contributed by atoms with van der Waals surface area (Å²) in [5.41, 5.74) is -0.463. The van der Waals surface area contributed by atoms with Gasteiger partial charge in [0.2, 0.25) is 0 Å². The van der Waals surface area contributed by atoms with E-state index in [1.807, 2.05) is 0 Å². The van der Waals surface area contributed by atoms with E-state index in [0.29, 0.717) is 0 Å². The number of nitrogens with zero attached hydrogens (tertiary/aromatic N) is 1. The SMILES string of the molecule is CCOP(=O)(OCC)C(=O)[C@H](C)N1C(=O)c2ccccc2C1=O. The third-order valence-corrected chi connectivity index (χ3v) is 5.55. The summed E-state index contributed by atoms with van der Waals surface area (Å²) in [5, 5.41) is 0. The monoisotopic (exact) mass is 339 g/mol. The molecular weight excluding hydrogens is 321 g/mol. The van der Waals surface area contributed by atoms with E-state index < -0.39 is 31.0 Å². The zero-order valence-corrected chi connectivity index (χ0v) is 14.0. The van der Waals surface area contributed by atoms with Gasteiger partial charge in [-0.25, -0.2) is 0 Å². The van der Waals surface area contributed by atoms with Crippen LogP contribution in [0.4, 0.5) is 0 Å². The molecule has 1 atom stereocenters. The highest BCUT2D eigenvalue weighted by Crippen LogP contribution is 2.50. The molecule has 0 saturated heterocycles. The summed E-state index contributed by atoms with van der Waals surface area (Å²) in [4.78, 5) is 38.1. The van der Waals surface area contributed by atoms with E-state index in [9.17, 15) is 18.9 Å². The zero-order chi connectivity index (χ0) is 17.2. The van der Waals surface area contributed by atoms with Crippen LogP contribution in [0.3, 0.4) is 0 Å². The lowest BCUT2D eigenvalue weighted by Crippen LogP contribution is -2.43. The van der Waals surface area contributed by atoms with Crippen molar-refractivity contribution in [1.82, 2.24) is 4.90 Å². The number of hydrogen-bond donors (Lipinski definition) is 0. The zero-order valence-electron chi connectivity index (χ0n) is 13.1. The number of amides is 2. The Morgan fingerprint density at radius 1 is 1.09 bits per heavy atom. The first-order valence-corrected chi connectivity index (χ1v) is 8.82. The molecule has 124 valence electrons. The Morgan fingerprint density at radius 2 is 1.52 bits per heavy atom. The molecule has 0 unspecified atom stereocenters. The Balaban J connectivity index is 2.32. The molecule has 8 heteroatoms. The van der Waals surface area contributed by atoms with Crippen LogP contribution < -0.4 is 0 Å². The van der Waals surface area contributed by atoms with Gasteiger partial charge in [0.1, 0.15) is 6.04 Å². The van der Waals surface area contributed by atoms with Gasteiger partial charge >= 0.3 is 7.60 Å². The minimum atomic E-state index is -4.05. The van der Waals surface area contributed by atoms with Gasteiger partial charge in [0.15, 0.2) is 0 Å². The maximum absolute atomic E-state index is 12.6. The molecule has 23 heavy (non-hydrogen) atoms. The Labute approximate surface area is 134 Å². The summed E-state index contributed by atoms with van der Waals surface area (Å²) in [6.07, 6.45) is 0. The lowest BCUT2D eigenvalue weighted by Gasteiger charge is -2.24. The van der Waals surface area contributed by atoms with Crippen LogP contribution in [0.1, 0.15) is 41.5 Å². The number of fused-ring (bicyclic) bond motifs is 1. The highest BCUT2D eigenvalue weighted by atomic mass is 31.2. The maximum atomic E-state index is 12.6. The molecule has 2 rings (SSSR count). The van der Waals surface area contributed by atoms with E-state index in [4.69, 9.17) is 9.05 Å². The second kappa shape index (κ2) is 6.74. The van der Waals surface area contributed by atoms with Crippen LogP contribution in [0, 0.1) is 0 Å². The topological polar surface area (TPSA) is 90.0 Å². The number of carbonyl (C=O) groups excluding carboxylic acids is 3. The Hall–Kier alpha value is -1.82. The third-order valence-electron chi connectivity index (χ3n) is 3.44. The van der Waals surface area contributed by atoms with Crippen molar-refractivity contribution < 1.29 is 28.0 Å². The summed E-state index contributed by atoms with van der Waals surface area (Å²) >= 11 is 0. The molecule has 0 spiro atoms. The highest BCUT2D eigenvalue weighted by Gasteiger charge is 2.46. The minimum absolute atomic E-state index is 0.0118. The molecule has 2 amide bonds. The van der Waals surface area contributed by atoms with Crippen LogP contribution in [0.25, 0.3) is 0 Å². The number of benzene rings is 1. The summed E-state index contributed by atoms with van der Waals surface area (Å²) in [5.74, 6) is -1.18. The van der Waals surface area contributed by atoms with Crippen molar-refractivity contribution >= 4 is 24.9 Å². The van der Waals surface area contributed by atoms with Crippen molar-refractivity contribution in [3.05, 3.63) is 35.4 Å². The fourth-order valence-electron chi connectivity index (χ4n) is 2.40. The first kappa shape index (κ1) is 17.5. The Morgan fingerprint density at radius 3 is 1.91 bits per heavy atom. The van der Waals surface area contributed by atoms with Crippen LogP contribution in [0.2, 0.25) is 0 Å². The molecule has 0 fully saturated rings. The van der Waals surface area contributed by atoms with Crippen molar-refractivity contribution in [3.8, 4) is 0 Å². The normalized spacial score (nSPS) is 15.7. The van der Waals surface area contributed by atoms with Crippen molar-refractivity contribution in [1.29, 1.82) is 0 Å². The standard InChI is InChI=1S/C15H18NO6P/c1-4-21-23(20,22-5-2)15(19)10(3)16-13(17)11-8-6-7-9-12(11)14(16)18/h6-10H,4-5H2,1-3H3/t10-/m0/s1. The van der Waals surface area contributed by atoms with E-state index in [-0.39, 0.29) is 24.3 Å². The predicted octanol–water partition coefficient (Wildman–Crippen LogP) is 2.46. The average Bonchev–Trinajstić information content (AvgIpc) is 2.78. The van der Waals surface area contributed by atoms with Crippen LogP contribution in [0.5, 0.6) is 0 Å². The third kappa shape index (κ3) is 3.00. The fourth-order valence-corrected chi connectivity index (χ4v) is 3.99. The van der Waals surface area contributed by atoms with E-state index in [1.54, 1.807) is 26.0 Å². The Bertz CT molecular complexity index is 656. The molecule has 1 aromatic carbocycles. The summed E-state index contributed by atoms with van der Waals surface area (Å²) in [6.45, 7) is 4.52. The van der Waals surface area contributed by atoms with Crippen LogP contribution >= 0.6 is 7.60 Å². The van der Waals surface area contributed by atoms with E-state index in [0.717, 1.165) is 4.90 Å². The number of imide groups is 1. The maximum Gasteiger partial charge on any atom is 0.398 e. The van der Waals surface area contributed by atoms with Gasteiger partial charge in [-0.3, -0.25) is 23.8 Å². The molecule has 0 N–H and O–H groups in total. The first-order valence-electron chi connectivity index (χ1n) is 7.27. The lowest BCUT2D eigenvalue weighted by atomic mass is 10.1. The molecule has 7 nitrogen and oxygen atoms in total. The van der Waals surface area contributed by atoms with Crippen molar-refractivity contribution in [3.63, 3.8) is 0 Å². The van der Waals surface area contributed by atoms with E-state index >= 15 is 0 Å². The van der Waals surface area contributed by atoms with Gasteiger partial charge in [-0.05, 0) is 32.9 Å². The molecule has 0 aromatic heterocycles. The van der Waals surface area contributed by atoms with Crippen molar-refractivity contribution in [2.45, 2.75) is 26.8 Å². The second-order valence-electron chi connectivity index (χ2n) is 4.87. The van der Waals surface area contributed by atoms with Gasteiger partial charge in [-0.2, -0.15) is 0 Å². The number of carbonyl (C=O) groups is 3. The van der Waals surface area contributed by atoms with Crippen LogP contribution in [-0.4, -0.2) is 41.5 Å². The molecule has 0 radical (unpaired) electrons. The molecule has 1 aromatic rings. The van der Waals surface area contributed by atoms with E-state index in [2.05, 4.69) is 0 Å². The van der Waals surface area contributed by atoms with Gasteiger partial charge in [0.25, 0.3) is 17.3 Å². The lowest BCUT2D eigenvalue weighted by molar-refractivity contribution is -0.117. The molecule has 0 saturated carbocycles. The fraction of sp³-hybridized carbons (Fsp3) is 0.400. The van der Waals surface area contributed by atoms with Gasteiger partial charge in [-0.1, -0.05) is 12.1 Å². The smallest absolute Gasteiger partial charge is 0.303 e. The largest absolute Gasteiger partial charge is 0.398 e. The van der Waals surface area contributed by atoms with Gasteiger partial charge in [0, 0.05) is 0 Å². The average molecular weight is 339 g/mol. The van der Waals surface area contributed by atoms with Crippen molar-refractivity contribution in [2.24, 2.45) is 0 Å². The highest BCUT2D eigenvalue weighted by molar-refractivity contribution is 7.72. The summed E-state index contributed by atoms with van der Waals surface area (Å²) < 4.78 is 22.5. The number of hydrogen-bond acceptors (Lipinski definition) is 6. The van der Waals surface area contributed by atoms with E-state index in [1.165, 1.54) is 19.1 Å². The molecule has 1 heterocycles. The minimum Gasteiger partial charge on any atom is -0.303 e. The van der Waals surface area contributed by atoms with Crippen LogP contribution in [0.15, 0.2) is 24.3 Å². The van der Waals surface area contributed by atoms with Gasteiger partial charge < -0.3 is 9.05 Å². The quantitative estimate of drug-likeness (QED) is 0.560. The molecule has 0 bridgehead atoms. The van der Waals surface area contributed by atoms with Gasteiger partial charge in [-0.15, -0.1) is 0 Å². The molecule has 1 aliphatic heterocycles. The molecular formula is C15H18NO6P.